The quantitative estimate of drug-likeness (QED) is 0.937. The Kier molecular flexibility index (Phi) is 4.06. The highest BCUT2D eigenvalue weighted by Crippen LogP contribution is 2.33. The van der Waals surface area contributed by atoms with Crippen LogP contribution in [0.5, 0.6) is 0 Å². The fourth-order valence-corrected chi connectivity index (χ4v) is 2.53. The molecule has 2 rings (SSSR count). The van der Waals surface area contributed by atoms with Crippen molar-refractivity contribution in [2.24, 2.45) is 0 Å². The van der Waals surface area contributed by atoms with Crippen molar-refractivity contribution in [2.45, 2.75) is 9.79 Å². The molecular weight excluding hydrogens is 295 g/mol. The van der Waals surface area contributed by atoms with Crippen LogP contribution in [-0.2, 0) is 0 Å². The van der Waals surface area contributed by atoms with E-state index in [1.54, 1.807) is 24.3 Å². The zero-order valence-electron chi connectivity index (χ0n) is 8.80. The molecule has 18 heavy (non-hydrogen) atoms. The van der Waals surface area contributed by atoms with E-state index < -0.39 is 5.97 Å². The highest BCUT2D eigenvalue weighted by Gasteiger charge is 2.08. The Hall–Kier alpha value is -1.30. The largest absolute Gasteiger partial charge is 0.478 e. The van der Waals surface area contributed by atoms with Gasteiger partial charge in [0.2, 0.25) is 0 Å². The fourth-order valence-electron chi connectivity index (χ4n) is 1.23. The molecule has 0 amide bonds. The first-order chi connectivity index (χ1) is 8.56. The molecule has 0 bridgehead atoms. The Morgan fingerprint density at radius 2 is 2.00 bits per heavy atom. The summed E-state index contributed by atoms with van der Waals surface area (Å²) in [4.78, 5) is 12.2. The van der Waals surface area contributed by atoms with E-state index in [0.29, 0.717) is 4.90 Å². The van der Waals surface area contributed by atoms with Gasteiger partial charge in [-0.3, -0.25) is 0 Å². The lowest BCUT2D eigenvalue weighted by molar-refractivity contribution is 0.0696. The van der Waals surface area contributed by atoms with E-state index in [1.165, 1.54) is 17.8 Å². The van der Waals surface area contributed by atoms with Crippen LogP contribution in [0.25, 0.3) is 0 Å². The number of halogens is 2. The van der Waals surface area contributed by atoms with Crippen molar-refractivity contribution in [1.29, 1.82) is 0 Å². The maximum atomic E-state index is 10.8. The van der Waals surface area contributed by atoms with Crippen molar-refractivity contribution >= 4 is 40.9 Å². The number of hydrogen-bond acceptors (Lipinski definition) is 4. The molecule has 0 atom stereocenters. The van der Waals surface area contributed by atoms with Crippen molar-refractivity contribution < 1.29 is 9.90 Å². The lowest BCUT2D eigenvalue weighted by Gasteiger charge is -2.04. The number of benzene rings is 1. The second kappa shape index (κ2) is 5.56. The summed E-state index contributed by atoms with van der Waals surface area (Å²) in [6.07, 6.45) is 0. The fraction of sp³-hybridized carbons (Fsp3) is 0. The SMILES string of the molecule is O=C(O)c1cccc(Sc2cc(Cl)nnc2Cl)c1. The van der Waals surface area contributed by atoms with Gasteiger partial charge in [0.1, 0.15) is 0 Å². The highest BCUT2D eigenvalue weighted by molar-refractivity contribution is 7.99. The van der Waals surface area contributed by atoms with E-state index in [0.717, 1.165) is 4.90 Å². The maximum absolute atomic E-state index is 10.8. The van der Waals surface area contributed by atoms with Crippen molar-refractivity contribution in [3.63, 3.8) is 0 Å². The Morgan fingerprint density at radius 1 is 1.22 bits per heavy atom. The van der Waals surface area contributed by atoms with Crippen LogP contribution < -0.4 is 0 Å². The summed E-state index contributed by atoms with van der Waals surface area (Å²) in [6, 6.07) is 8.09. The summed E-state index contributed by atoms with van der Waals surface area (Å²) in [5, 5.41) is 16.6. The maximum Gasteiger partial charge on any atom is 0.335 e. The van der Waals surface area contributed by atoms with Gasteiger partial charge >= 0.3 is 5.97 Å². The van der Waals surface area contributed by atoms with Crippen molar-refractivity contribution in [2.75, 3.05) is 0 Å². The van der Waals surface area contributed by atoms with Gasteiger partial charge in [0.25, 0.3) is 0 Å². The first-order valence-corrected chi connectivity index (χ1v) is 6.33. The van der Waals surface area contributed by atoms with E-state index in [-0.39, 0.29) is 15.9 Å². The van der Waals surface area contributed by atoms with Gasteiger partial charge in [0, 0.05) is 4.90 Å². The average Bonchev–Trinajstić information content (AvgIpc) is 2.34. The van der Waals surface area contributed by atoms with Gasteiger partial charge in [0.05, 0.1) is 10.5 Å². The zero-order chi connectivity index (χ0) is 13.1. The molecule has 0 saturated heterocycles. The molecule has 2 aromatic rings. The number of carboxylic acids is 1. The second-order valence-corrected chi connectivity index (χ2v) is 5.12. The summed E-state index contributed by atoms with van der Waals surface area (Å²) < 4.78 is 0. The number of nitrogens with zero attached hydrogens (tertiary/aromatic N) is 2. The van der Waals surface area contributed by atoms with Crippen LogP contribution >= 0.6 is 35.0 Å². The number of rotatable bonds is 3. The minimum absolute atomic E-state index is 0.212. The number of aromatic nitrogens is 2. The first kappa shape index (κ1) is 13.1. The number of hydrogen-bond donors (Lipinski definition) is 1. The molecule has 7 heteroatoms. The molecule has 1 aromatic carbocycles. The summed E-state index contributed by atoms with van der Waals surface area (Å²) in [7, 11) is 0. The Balaban J connectivity index is 2.31. The molecule has 0 radical (unpaired) electrons. The van der Waals surface area contributed by atoms with Crippen LogP contribution in [0, 0.1) is 0 Å². The van der Waals surface area contributed by atoms with E-state index in [1.807, 2.05) is 0 Å². The summed E-state index contributed by atoms with van der Waals surface area (Å²) in [5.41, 5.74) is 0.212. The smallest absolute Gasteiger partial charge is 0.335 e. The van der Waals surface area contributed by atoms with Gasteiger partial charge in [-0.1, -0.05) is 41.0 Å². The van der Waals surface area contributed by atoms with Crippen molar-refractivity contribution in [1.82, 2.24) is 10.2 Å². The van der Waals surface area contributed by atoms with Crippen molar-refractivity contribution in [3.05, 3.63) is 46.2 Å². The highest BCUT2D eigenvalue weighted by atomic mass is 35.5. The Bertz CT molecular complexity index is 607. The van der Waals surface area contributed by atoms with Gasteiger partial charge < -0.3 is 5.11 Å². The van der Waals surface area contributed by atoms with E-state index in [9.17, 15) is 4.79 Å². The molecule has 1 N–H and O–H groups in total. The Morgan fingerprint density at radius 3 is 2.72 bits per heavy atom. The summed E-state index contributed by atoms with van der Waals surface area (Å²) >= 11 is 12.9. The van der Waals surface area contributed by atoms with Crippen LogP contribution in [0.4, 0.5) is 0 Å². The Labute approximate surface area is 117 Å². The van der Waals surface area contributed by atoms with Gasteiger partial charge in [0.15, 0.2) is 10.3 Å². The molecule has 92 valence electrons. The predicted octanol–water partition coefficient (Wildman–Crippen LogP) is 3.63. The van der Waals surface area contributed by atoms with Crippen LogP contribution in [0.2, 0.25) is 10.3 Å². The number of aromatic carboxylic acids is 1. The topological polar surface area (TPSA) is 63.1 Å². The zero-order valence-corrected chi connectivity index (χ0v) is 11.1. The summed E-state index contributed by atoms with van der Waals surface area (Å²) in [6.45, 7) is 0. The van der Waals surface area contributed by atoms with Crippen LogP contribution in [0.1, 0.15) is 10.4 Å². The lowest BCUT2D eigenvalue weighted by Crippen LogP contribution is -1.95. The lowest BCUT2D eigenvalue weighted by atomic mass is 10.2. The third kappa shape index (κ3) is 3.13. The molecule has 0 unspecified atom stereocenters. The van der Waals surface area contributed by atoms with Gasteiger partial charge in [-0.15, -0.1) is 10.2 Å². The molecule has 1 aromatic heterocycles. The monoisotopic (exact) mass is 300 g/mol. The molecule has 0 aliphatic carbocycles. The molecule has 0 spiro atoms. The normalized spacial score (nSPS) is 10.3. The van der Waals surface area contributed by atoms with Crippen LogP contribution in [0.15, 0.2) is 40.1 Å². The standard InChI is InChI=1S/C11H6Cl2N2O2S/c12-9-5-8(10(13)15-14-9)18-7-3-1-2-6(4-7)11(16)17/h1-5H,(H,16,17). The molecule has 0 aliphatic heterocycles. The van der Waals surface area contributed by atoms with Gasteiger partial charge in [-0.25, -0.2) is 4.79 Å². The van der Waals surface area contributed by atoms with E-state index in [2.05, 4.69) is 10.2 Å². The molecule has 0 saturated carbocycles. The average molecular weight is 301 g/mol. The van der Waals surface area contributed by atoms with Gasteiger partial charge in [-0.2, -0.15) is 0 Å². The van der Waals surface area contributed by atoms with Crippen molar-refractivity contribution in [3.8, 4) is 0 Å². The third-order valence-electron chi connectivity index (χ3n) is 2.00. The molecule has 0 fully saturated rings. The second-order valence-electron chi connectivity index (χ2n) is 3.26. The number of carboxylic acid groups (broad SMARTS) is 1. The van der Waals surface area contributed by atoms with E-state index in [4.69, 9.17) is 28.3 Å². The van der Waals surface area contributed by atoms with E-state index >= 15 is 0 Å². The van der Waals surface area contributed by atoms with Crippen LogP contribution in [-0.4, -0.2) is 21.3 Å². The minimum atomic E-state index is -0.977. The number of carbonyl (C=O) groups is 1. The molecular formula is C11H6Cl2N2O2S. The predicted molar refractivity (Wildman–Crippen MR) is 69.6 cm³/mol. The van der Waals surface area contributed by atoms with Crippen LogP contribution in [0.3, 0.4) is 0 Å². The molecule has 0 aliphatic rings. The minimum Gasteiger partial charge on any atom is -0.478 e. The first-order valence-electron chi connectivity index (χ1n) is 4.76. The molecule has 4 nitrogen and oxygen atoms in total. The van der Waals surface area contributed by atoms with Gasteiger partial charge in [-0.05, 0) is 24.3 Å². The molecule has 1 heterocycles. The third-order valence-corrected chi connectivity index (χ3v) is 3.59. The summed E-state index contributed by atoms with van der Waals surface area (Å²) in [5.74, 6) is -0.977.